The summed E-state index contributed by atoms with van der Waals surface area (Å²) in [5, 5.41) is 5.00. The minimum atomic E-state index is 1.00. The van der Waals surface area contributed by atoms with Gasteiger partial charge in [0.15, 0.2) is 0 Å². The van der Waals surface area contributed by atoms with Gasteiger partial charge in [0, 0.05) is 34.1 Å². The van der Waals surface area contributed by atoms with Gasteiger partial charge in [-0.15, -0.1) is 0 Å². The molecule has 9 aromatic carbocycles. The summed E-state index contributed by atoms with van der Waals surface area (Å²) in [4.78, 5) is 5.13. The maximum Gasteiger partial charge on any atom is 0.0493 e. The van der Waals surface area contributed by atoms with Gasteiger partial charge >= 0.3 is 0 Å². The molecule has 0 N–H and O–H groups in total. The molecule has 0 spiro atoms. The molecule has 0 saturated heterocycles. The van der Waals surface area contributed by atoms with Crippen LogP contribution in [0.5, 0.6) is 0 Å². The largest absolute Gasteiger partial charge is 0.314 e. The summed E-state index contributed by atoms with van der Waals surface area (Å²) in [6.45, 7) is 0. The number of fused-ring (bicyclic) bond motifs is 5. The zero-order valence-corrected chi connectivity index (χ0v) is 38.3. The minimum Gasteiger partial charge on any atom is -0.314 e. The van der Waals surface area contributed by atoms with Gasteiger partial charge in [0.05, 0.1) is 0 Å². The van der Waals surface area contributed by atoms with Gasteiger partial charge in [0.1, 0.15) is 0 Å². The monoisotopic (exact) mass is 872 g/mol. The van der Waals surface area contributed by atoms with E-state index in [2.05, 4.69) is 228 Å². The molecule has 0 atom stereocenters. The predicted molar refractivity (Wildman–Crippen MR) is 289 cm³/mol. The van der Waals surface area contributed by atoms with Crippen LogP contribution in [0.15, 0.2) is 230 Å². The molecule has 0 bridgehead atoms. The van der Waals surface area contributed by atoms with E-state index in [1.54, 1.807) is 0 Å². The van der Waals surface area contributed by atoms with Crippen molar-refractivity contribution in [3.63, 3.8) is 0 Å². The fourth-order valence-electron chi connectivity index (χ4n) is 11.7. The van der Waals surface area contributed by atoms with Crippen LogP contribution >= 0.6 is 0 Å². The molecule has 2 nitrogen and oxygen atoms in total. The third-order valence-electron chi connectivity index (χ3n) is 14.9. The molecule has 326 valence electrons. The number of aryl methyl sites for hydroxylation is 3. The Balaban J connectivity index is 1.14. The van der Waals surface area contributed by atoms with E-state index in [1.165, 1.54) is 122 Å². The van der Waals surface area contributed by atoms with E-state index >= 15 is 0 Å². The highest BCUT2D eigenvalue weighted by atomic mass is 15.2. The lowest BCUT2D eigenvalue weighted by Gasteiger charge is -2.31. The maximum atomic E-state index is 2.61. The second-order valence-electron chi connectivity index (χ2n) is 18.8. The zero-order chi connectivity index (χ0) is 45.0. The van der Waals surface area contributed by atoms with E-state index in [9.17, 15) is 0 Å². The number of hydrogen-bond donors (Lipinski definition) is 0. The molecule has 2 heterocycles. The highest BCUT2D eigenvalue weighted by Gasteiger charge is 2.28. The first kappa shape index (κ1) is 40.3. The van der Waals surface area contributed by atoms with Gasteiger partial charge in [-0.2, -0.15) is 0 Å². The van der Waals surface area contributed by atoms with Gasteiger partial charge in [-0.25, -0.2) is 0 Å². The molecule has 0 amide bonds. The van der Waals surface area contributed by atoms with Crippen molar-refractivity contribution in [3.8, 4) is 33.4 Å². The normalized spacial score (nSPS) is 15.3. The zero-order valence-electron chi connectivity index (χ0n) is 38.3. The Bertz CT molecular complexity index is 3540. The summed E-state index contributed by atoms with van der Waals surface area (Å²) in [6, 6.07) is 71.3. The third kappa shape index (κ3) is 7.02. The van der Waals surface area contributed by atoms with Crippen LogP contribution in [0.1, 0.15) is 54.4 Å². The predicted octanol–water partition coefficient (Wildman–Crippen LogP) is 18.0. The molecular weight excluding hydrogens is 821 g/mol. The molecule has 0 radical (unpaired) electrons. The molecular formula is C66H52N2. The van der Waals surface area contributed by atoms with Crippen LogP contribution in [0.2, 0.25) is 0 Å². The Hall–Kier alpha value is -7.94. The molecule has 2 aliphatic heterocycles. The number of anilines is 5. The lowest BCUT2D eigenvalue weighted by molar-refractivity contribution is 0.874. The van der Waals surface area contributed by atoms with Gasteiger partial charge in [-0.05, 0) is 194 Å². The summed E-state index contributed by atoms with van der Waals surface area (Å²) in [5.74, 6) is 0. The SMILES string of the molecule is C1=CC(c2cccc(-c3c4ccc(N5c6ccccc6CCc6ccccc65)cc4c(-c4cccc(-c5ccccc5)c4)c4ccc(N5C6=C(C=CCC6)CCc6ccccc65)cc34)c2)=CCC1. The Labute approximate surface area is 400 Å². The van der Waals surface area contributed by atoms with Crippen LogP contribution in [-0.2, 0) is 19.3 Å². The average Bonchev–Trinajstić information content (AvgIpc) is 3.69. The summed E-state index contributed by atoms with van der Waals surface area (Å²) < 4.78 is 0. The van der Waals surface area contributed by atoms with Crippen molar-refractivity contribution in [3.05, 3.63) is 252 Å². The van der Waals surface area contributed by atoms with Crippen molar-refractivity contribution in [1.29, 1.82) is 0 Å². The lowest BCUT2D eigenvalue weighted by Crippen LogP contribution is -2.19. The van der Waals surface area contributed by atoms with E-state index in [0.717, 1.165) is 51.4 Å². The van der Waals surface area contributed by atoms with E-state index in [0.29, 0.717) is 0 Å². The first-order chi connectivity index (χ1) is 33.7. The van der Waals surface area contributed by atoms with Crippen LogP contribution in [0.25, 0.3) is 60.5 Å². The third-order valence-corrected chi connectivity index (χ3v) is 14.9. The number of hydrogen-bond acceptors (Lipinski definition) is 2. The molecule has 13 rings (SSSR count). The first-order valence-electron chi connectivity index (χ1n) is 24.6. The van der Waals surface area contributed by atoms with Crippen LogP contribution < -0.4 is 9.80 Å². The smallest absolute Gasteiger partial charge is 0.0493 e. The molecule has 2 heteroatoms. The maximum absolute atomic E-state index is 2.61. The standard InChI is InChI=1S/C66H52N2/c1-3-17-45(18-4-1)51-25-15-27-53(41-51)65-57-39-37-56(68-63-31-13-9-23-49(63)35-36-50-24-10-14-32-64(50)68)44-60(57)66(54-28-16-26-52(42-54)46-19-5-2-6-20-46)58-40-38-55(43-59(58)65)67-61-29-11-7-21-47(61)33-34-48-22-8-12-30-62(48)67/h1,3-5,7-13,15-31,37-44H,2,6,14,32-36H2. The number of para-hydroxylation sites is 3. The van der Waals surface area contributed by atoms with Crippen LogP contribution in [0.4, 0.5) is 28.4 Å². The minimum absolute atomic E-state index is 1.00. The molecule has 0 saturated carbocycles. The van der Waals surface area contributed by atoms with E-state index < -0.39 is 0 Å². The number of allylic oxidation sites excluding steroid dienone is 8. The van der Waals surface area contributed by atoms with Gasteiger partial charge in [0.25, 0.3) is 0 Å². The summed E-state index contributed by atoms with van der Waals surface area (Å²) in [7, 11) is 0. The molecule has 2 aliphatic carbocycles. The molecule has 0 unspecified atom stereocenters. The van der Waals surface area contributed by atoms with Crippen molar-refractivity contribution in [2.45, 2.75) is 51.4 Å². The lowest BCUT2D eigenvalue weighted by atomic mass is 9.84. The Morgan fingerprint density at radius 2 is 0.838 bits per heavy atom. The van der Waals surface area contributed by atoms with Crippen LogP contribution in [-0.4, -0.2) is 0 Å². The van der Waals surface area contributed by atoms with Crippen LogP contribution in [0, 0.1) is 0 Å². The van der Waals surface area contributed by atoms with Crippen molar-refractivity contribution < 1.29 is 0 Å². The Kier molecular flexibility index (Phi) is 10.1. The fraction of sp³-hybridized carbons (Fsp3) is 0.121. The van der Waals surface area contributed by atoms with E-state index in [-0.39, 0.29) is 0 Å². The topological polar surface area (TPSA) is 6.48 Å². The molecule has 4 aliphatic rings. The molecule has 0 fully saturated rings. The van der Waals surface area contributed by atoms with Gasteiger partial charge < -0.3 is 9.80 Å². The second kappa shape index (κ2) is 17.0. The quantitative estimate of drug-likeness (QED) is 0.154. The van der Waals surface area contributed by atoms with Gasteiger partial charge in [-0.1, -0.05) is 164 Å². The molecule has 0 aromatic heterocycles. The second-order valence-corrected chi connectivity index (χ2v) is 18.8. The average molecular weight is 873 g/mol. The van der Waals surface area contributed by atoms with Crippen molar-refractivity contribution in [2.75, 3.05) is 9.80 Å². The summed E-state index contributed by atoms with van der Waals surface area (Å²) in [6.07, 6.45) is 20.1. The summed E-state index contributed by atoms with van der Waals surface area (Å²) in [5.41, 5.74) is 23.2. The van der Waals surface area contributed by atoms with Gasteiger partial charge in [0.2, 0.25) is 0 Å². The van der Waals surface area contributed by atoms with Crippen molar-refractivity contribution in [1.82, 2.24) is 0 Å². The Morgan fingerprint density at radius 1 is 0.324 bits per heavy atom. The summed E-state index contributed by atoms with van der Waals surface area (Å²) >= 11 is 0. The molecule has 68 heavy (non-hydrogen) atoms. The number of rotatable bonds is 6. The highest BCUT2D eigenvalue weighted by molar-refractivity contribution is 6.23. The number of nitrogens with zero attached hydrogens (tertiary/aromatic N) is 2. The molecule has 9 aromatic rings. The highest BCUT2D eigenvalue weighted by Crippen LogP contribution is 2.51. The van der Waals surface area contributed by atoms with Crippen molar-refractivity contribution >= 4 is 55.6 Å². The van der Waals surface area contributed by atoms with E-state index in [1.807, 2.05) is 0 Å². The van der Waals surface area contributed by atoms with Gasteiger partial charge in [-0.3, -0.25) is 0 Å². The van der Waals surface area contributed by atoms with Crippen LogP contribution in [0.3, 0.4) is 0 Å². The number of benzene rings is 9. The fourth-order valence-corrected chi connectivity index (χ4v) is 11.7. The van der Waals surface area contributed by atoms with E-state index in [4.69, 9.17) is 0 Å². The van der Waals surface area contributed by atoms with Crippen molar-refractivity contribution in [2.24, 2.45) is 0 Å². The Morgan fingerprint density at radius 3 is 1.47 bits per heavy atom. The first-order valence-corrected chi connectivity index (χ1v) is 24.6.